The van der Waals surface area contributed by atoms with Crippen molar-refractivity contribution in [3.05, 3.63) is 63.4 Å². The number of carbonyl (C=O) groups excluding carboxylic acids is 2. The Morgan fingerprint density at radius 2 is 1.97 bits per heavy atom. The van der Waals surface area contributed by atoms with Crippen molar-refractivity contribution in [2.45, 2.75) is 31.8 Å². The van der Waals surface area contributed by atoms with Crippen molar-refractivity contribution < 1.29 is 9.59 Å². The van der Waals surface area contributed by atoms with Crippen LogP contribution in [0.15, 0.2) is 36.4 Å². The molecule has 0 bridgehead atoms. The number of benzene rings is 2. The largest absolute Gasteiger partial charge is 0.342 e. The van der Waals surface area contributed by atoms with Crippen molar-refractivity contribution in [1.82, 2.24) is 20.2 Å². The van der Waals surface area contributed by atoms with Gasteiger partial charge < -0.3 is 15.2 Å². The molecular formula is C21H20Cl2N4O2. The van der Waals surface area contributed by atoms with Crippen LogP contribution in [0.3, 0.4) is 0 Å². The number of amides is 2. The summed E-state index contributed by atoms with van der Waals surface area (Å²) in [5, 5.41) is 3.77. The van der Waals surface area contributed by atoms with Gasteiger partial charge in [0.1, 0.15) is 5.82 Å². The van der Waals surface area contributed by atoms with Gasteiger partial charge in [-0.1, -0.05) is 23.2 Å². The molecule has 3 aromatic rings. The van der Waals surface area contributed by atoms with E-state index in [1.165, 1.54) is 6.07 Å². The first-order chi connectivity index (χ1) is 13.8. The summed E-state index contributed by atoms with van der Waals surface area (Å²) >= 11 is 12.3. The summed E-state index contributed by atoms with van der Waals surface area (Å²) in [7, 11) is 1.78. The summed E-state index contributed by atoms with van der Waals surface area (Å²) in [6.07, 6.45) is 2.04. The van der Waals surface area contributed by atoms with Crippen LogP contribution >= 0.6 is 23.2 Å². The van der Waals surface area contributed by atoms with Gasteiger partial charge in [-0.3, -0.25) is 9.59 Å². The monoisotopic (exact) mass is 430 g/mol. The molecule has 8 heteroatoms. The number of fused-ring (bicyclic) bond motifs is 1. The van der Waals surface area contributed by atoms with Gasteiger partial charge in [0.25, 0.3) is 11.8 Å². The third-order valence-corrected chi connectivity index (χ3v) is 5.64. The van der Waals surface area contributed by atoms with Crippen LogP contribution in [0, 0.1) is 0 Å². The smallest absolute Gasteiger partial charge is 0.255 e. The maximum absolute atomic E-state index is 12.7. The molecule has 2 aromatic carbocycles. The number of aromatic nitrogens is 2. The van der Waals surface area contributed by atoms with Gasteiger partial charge in [-0.2, -0.15) is 0 Å². The van der Waals surface area contributed by atoms with E-state index in [4.69, 9.17) is 23.2 Å². The topological polar surface area (TPSA) is 78.1 Å². The fourth-order valence-corrected chi connectivity index (χ4v) is 3.64. The Balaban J connectivity index is 1.48. The molecule has 0 aliphatic heterocycles. The number of hydrogen-bond donors (Lipinski definition) is 2. The SMILES string of the molecule is CC(NC(=O)c1ccc(C(=O)N(C)C2CC2)c(Cl)c1)c1nc2ccc(Cl)cc2[nH]1. The maximum atomic E-state index is 12.7. The maximum Gasteiger partial charge on any atom is 0.255 e. The Morgan fingerprint density at radius 3 is 2.66 bits per heavy atom. The highest BCUT2D eigenvalue weighted by atomic mass is 35.5. The minimum atomic E-state index is -0.352. The predicted molar refractivity (Wildman–Crippen MR) is 114 cm³/mol. The summed E-state index contributed by atoms with van der Waals surface area (Å²) in [6, 6.07) is 10.1. The molecule has 1 fully saturated rings. The van der Waals surface area contributed by atoms with Gasteiger partial charge in [0.15, 0.2) is 0 Å². The number of carbonyl (C=O) groups is 2. The van der Waals surface area contributed by atoms with Gasteiger partial charge in [0.05, 0.1) is 27.7 Å². The molecule has 1 heterocycles. The van der Waals surface area contributed by atoms with Crippen LogP contribution in [0.25, 0.3) is 11.0 Å². The Labute approximate surface area is 178 Å². The van der Waals surface area contributed by atoms with Crippen LogP contribution in [-0.2, 0) is 0 Å². The van der Waals surface area contributed by atoms with Gasteiger partial charge >= 0.3 is 0 Å². The highest BCUT2D eigenvalue weighted by molar-refractivity contribution is 6.34. The van der Waals surface area contributed by atoms with Crippen molar-refractivity contribution in [3.8, 4) is 0 Å². The van der Waals surface area contributed by atoms with E-state index < -0.39 is 0 Å². The van der Waals surface area contributed by atoms with Crippen molar-refractivity contribution in [2.75, 3.05) is 7.05 Å². The minimum absolute atomic E-state index is 0.126. The average molecular weight is 431 g/mol. The summed E-state index contributed by atoms with van der Waals surface area (Å²) < 4.78 is 0. The van der Waals surface area contributed by atoms with E-state index in [0.29, 0.717) is 28.0 Å². The first kappa shape index (κ1) is 19.7. The number of hydrogen-bond acceptors (Lipinski definition) is 3. The third kappa shape index (κ3) is 4.09. The van der Waals surface area contributed by atoms with E-state index >= 15 is 0 Å². The van der Waals surface area contributed by atoms with Crippen molar-refractivity contribution in [3.63, 3.8) is 0 Å². The van der Waals surface area contributed by atoms with Gasteiger partial charge in [0, 0.05) is 23.7 Å². The van der Waals surface area contributed by atoms with Gasteiger partial charge in [-0.05, 0) is 56.2 Å². The van der Waals surface area contributed by atoms with E-state index in [1.54, 1.807) is 36.2 Å². The Hall–Kier alpha value is -2.57. The molecule has 1 atom stereocenters. The molecule has 4 rings (SSSR count). The van der Waals surface area contributed by atoms with Crippen molar-refractivity contribution in [2.24, 2.45) is 0 Å². The van der Waals surface area contributed by atoms with E-state index in [-0.39, 0.29) is 22.9 Å². The zero-order chi connectivity index (χ0) is 20.7. The Morgan fingerprint density at radius 1 is 1.21 bits per heavy atom. The summed E-state index contributed by atoms with van der Waals surface area (Å²) in [5.41, 5.74) is 2.36. The standard InChI is InChI=1S/C21H20Cl2N4O2/c1-11(19-25-17-8-4-13(22)10-18(17)26-19)24-20(28)12-3-7-15(16(23)9-12)21(29)27(2)14-5-6-14/h3-4,7-11,14H,5-6H2,1-2H3,(H,24,28)(H,25,26). The number of halogens is 2. The van der Waals surface area contributed by atoms with Crippen LogP contribution < -0.4 is 5.32 Å². The molecule has 1 saturated carbocycles. The van der Waals surface area contributed by atoms with E-state index in [2.05, 4.69) is 15.3 Å². The normalized spacial score (nSPS) is 14.6. The predicted octanol–water partition coefficient (Wildman–Crippen LogP) is 4.60. The van der Waals surface area contributed by atoms with E-state index in [1.807, 2.05) is 13.0 Å². The third-order valence-electron chi connectivity index (χ3n) is 5.10. The van der Waals surface area contributed by atoms with E-state index in [0.717, 1.165) is 23.9 Å². The second kappa shape index (κ2) is 7.69. The number of aromatic amines is 1. The Kier molecular flexibility index (Phi) is 5.23. The lowest BCUT2D eigenvalue weighted by molar-refractivity contribution is 0.0784. The molecule has 29 heavy (non-hydrogen) atoms. The molecule has 1 aliphatic carbocycles. The zero-order valence-corrected chi connectivity index (χ0v) is 17.5. The number of nitrogens with one attached hydrogen (secondary N) is 2. The fraction of sp³-hybridized carbons (Fsp3) is 0.286. The molecule has 2 N–H and O–H groups in total. The lowest BCUT2D eigenvalue weighted by Gasteiger charge is -2.17. The number of nitrogens with zero attached hydrogens (tertiary/aromatic N) is 2. The molecule has 0 saturated heterocycles. The molecule has 0 spiro atoms. The second-order valence-corrected chi connectivity index (χ2v) is 8.16. The number of rotatable bonds is 5. The van der Waals surface area contributed by atoms with Crippen LogP contribution in [0.4, 0.5) is 0 Å². The fourth-order valence-electron chi connectivity index (χ4n) is 3.20. The van der Waals surface area contributed by atoms with Crippen LogP contribution in [0.1, 0.15) is 52.3 Å². The van der Waals surface area contributed by atoms with Gasteiger partial charge in [-0.15, -0.1) is 0 Å². The molecular weight excluding hydrogens is 411 g/mol. The molecule has 0 radical (unpaired) electrons. The molecule has 1 aromatic heterocycles. The number of imidazole rings is 1. The van der Waals surface area contributed by atoms with Gasteiger partial charge in [-0.25, -0.2) is 4.98 Å². The second-order valence-electron chi connectivity index (χ2n) is 7.32. The van der Waals surface area contributed by atoms with Crippen LogP contribution in [-0.4, -0.2) is 39.8 Å². The highest BCUT2D eigenvalue weighted by Crippen LogP contribution is 2.29. The molecule has 6 nitrogen and oxygen atoms in total. The first-order valence-corrected chi connectivity index (χ1v) is 10.1. The van der Waals surface area contributed by atoms with Gasteiger partial charge in [0.2, 0.25) is 0 Å². The lowest BCUT2D eigenvalue weighted by atomic mass is 10.1. The summed E-state index contributed by atoms with van der Waals surface area (Å²) in [4.78, 5) is 34.5. The highest BCUT2D eigenvalue weighted by Gasteiger charge is 2.31. The molecule has 150 valence electrons. The molecule has 1 aliphatic rings. The summed E-state index contributed by atoms with van der Waals surface area (Å²) in [5.74, 6) is 0.200. The first-order valence-electron chi connectivity index (χ1n) is 9.36. The zero-order valence-electron chi connectivity index (χ0n) is 16.0. The van der Waals surface area contributed by atoms with E-state index in [9.17, 15) is 9.59 Å². The van der Waals surface area contributed by atoms with Crippen LogP contribution in [0.2, 0.25) is 10.0 Å². The number of H-pyrrole nitrogens is 1. The molecule has 2 amide bonds. The van der Waals surface area contributed by atoms with Crippen LogP contribution in [0.5, 0.6) is 0 Å². The average Bonchev–Trinajstić information content (AvgIpc) is 3.45. The van der Waals surface area contributed by atoms with Crippen molar-refractivity contribution >= 4 is 46.0 Å². The lowest BCUT2D eigenvalue weighted by Crippen LogP contribution is -2.29. The summed E-state index contributed by atoms with van der Waals surface area (Å²) in [6.45, 7) is 1.83. The Bertz CT molecular complexity index is 1110. The minimum Gasteiger partial charge on any atom is -0.342 e. The quantitative estimate of drug-likeness (QED) is 0.620. The molecule has 1 unspecified atom stereocenters. The van der Waals surface area contributed by atoms with Crippen molar-refractivity contribution in [1.29, 1.82) is 0 Å².